The van der Waals surface area contributed by atoms with E-state index in [9.17, 15) is 0 Å². The molecule has 0 heterocycles. The molecule has 1 nitrogen and oxygen atoms in total. The first-order valence-corrected chi connectivity index (χ1v) is 5.56. The molecule has 1 heteroatoms. The Morgan fingerprint density at radius 3 is 1.46 bits per heavy atom. The second-order valence-electron chi connectivity index (χ2n) is 5.34. The average molecular weight is 185 g/mol. The molecule has 0 bridgehead atoms. The van der Waals surface area contributed by atoms with Crippen molar-refractivity contribution in [2.75, 3.05) is 0 Å². The standard InChI is InChI=1S/C12H27N/c1-8-12(9-2,11(5,6)7)13-10(3)4/h10,13H,8-9H2,1-7H3. The minimum atomic E-state index is 0.293. The summed E-state index contributed by atoms with van der Waals surface area (Å²) in [4.78, 5) is 0. The first-order chi connectivity index (χ1) is 5.79. The molecular formula is C12H27N. The molecule has 0 aromatic rings. The first kappa shape index (κ1) is 13.0. The number of hydrogen-bond acceptors (Lipinski definition) is 1. The Kier molecular flexibility index (Phi) is 4.44. The van der Waals surface area contributed by atoms with Gasteiger partial charge in [0.05, 0.1) is 0 Å². The molecule has 0 fully saturated rings. The molecule has 0 spiro atoms. The van der Waals surface area contributed by atoms with Gasteiger partial charge in [0.25, 0.3) is 0 Å². The van der Waals surface area contributed by atoms with Crippen molar-refractivity contribution in [3.05, 3.63) is 0 Å². The monoisotopic (exact) mass is 185 g/mol. The Balaban J connectivity index is 4.70. The van der Waals surface area contributed by atoms with E-state index >= 15 is 0 Å². The molecule has 0 aliphatic rings. The molecule has 13 heavy (non-hydrogen) atoms. The number of rotatable bonds is 4. The normalized spacial score (nSPS) is 13.8. The van der Waals surface area contributed by atoms with Gasteiger partial charge in [-0.3, -0.25) is 0 Å². The molecule has 0 atom stereocenters. The molecule has 0 saturated heterocycles. The highest BCUT2D eigenvalue weighted by Crippen LogP contribution is 2.36. The van der Waals surface area contributed by atoms with Gasteiger partial charge in [0, 0.05) is 11.6 Å². The summed E-state index contributed by atoms with van der Waals surface area (Å²) in [5, 5.41) is 3.73. The van der Waals surface area contributed by atoms with Crippen molar-refractivity contribution < 1.29 is 0 Å². The van der Waals surface area contributed by atoms with Gasteiger partial charge >= 0.3 is 0 Å². The zero-order valence-electron chi connectivity index (χ0n) is 10.5. The summed E-state index contributed by atoms with van der Waals surface area (Å²) in [5.74, 6) is 0. The molecule has 0 radical (unpaired) electrons. The van der Waals surface area contributed by atoms with E-state index < -0.39 is 0 Å². The maximum absolute atomic E-state index is 3.73. The third kappa shape index (κ3) is 2.98. The van der Waals surface area contributed by atoms with Gasteiger partial charge in [0.1, 0.15) is 0 Å². The van der Waals surface area contributed by atoms with Crippen molar-refractivity contribution in [3.8, 4) is 0 Å². The van der Waals surface area contributed by atoms with Crippen LogP contribution in [0, 0.1) is 5.41 Å². The Hall–Kier alpha value is -0.0400. The molecule has 0 amide bonds. The van der Waals surface area contributed by atoms with E-state index in [1.54, 1.807) is 0 Å². The highest BCUT2D eigenvalue weighted by molar-refractivity contribution is 4.96. The van der Waals surface area contributed by atoms with E-state index in [0.717, 1.165) is 0 Å². The van der Waals surface area contributed by atoms with Crippen LogP contribution in [0.3, 0.4) is 0 Å². The number of nitrogens with one attached hydrogen (secondary N) is 1. The fourth-order valence-corrected chi connectivity index (χ4v) is 2.28. The van der Waals surface area contributed by atoms with Gasteiger partial charge in [-0.05, 0) is 18.3 Å². The molecule has 0 aliphatic carbocycles. The molecule has 0 aromatic heterocycles. The van der Waals surface area contributed by atoms with Crippen LogP contribution in [-0.4, -0.2) is 11.6 Å². The zero-order valence-corrected chi connectivity index (χ0v) is 10.5. The Morgan fingerprint density at radius 1 is 1.00 bits per heavy atom. The SMILES string of the molecule is CCC(CC)(NC(C)C)C(C)(C)C. The van der Waals surface area contributed by atoms with Crippen LogP contribution >= 0.6 is 0 Å². The van der Waals surface area contributed by atoms with Crippen LogP contribution in [0.5, 0.6) is 0 Å². The minimum absolute atomic E-state index is 0.293. The third-order valence-electron chi connectivity index (χ3n) is 3.21. The Bertz CT molecular complexity index is 138. The molecule has 0 unspecified atom stereocenters. The maximum Gasteiger partial charge on any atom is 0.0226 e. The predicted molar refractivity (Wildman–Crippen MR) is 61.0 cm³/mol. The van der Waals surface area contributed by atoms with Gasteiger partial charge in [-0.1, -0.05) is 48.5 Å². The van der Waals surface area contributed by atoms with Crippen molar-refractivity contribution in [1.29, 1.82) is 0 Å². The fourth-order valence-electron chi connectivity index (χ4n) is 2.28. The van der Waals surface area contributed by atoms with Crippen molar-refractivity contribution in [3.63, 3.8) is 0 Å². The van der Waals surface area contributed by atoms with Gasteiger partial charge in [-0.15, -0.1) is 0 Å². The van der Waals surface area contributed by atoms with Crippen molar-refractivity contribution in [2.45, 2.75) is 72.9 Å². The summed E-state index contributed by atoms with van der Waals surface area (Å²) < 4.78 is 0. The maximum atomic E-state index is 3.73. The summed E-state index contributed by atoms with van der Waals surface area (Å²) in [7, 11) is 0. The second kappa shape index (κ2) is 4.45. The Morgan fingerprint density at radius 2 is 1.38 bits per heavy atom. The molecule has 0 aliphatic heterocycles. The second-order valence-corrected chi connectivity index (χ2v) is 5.34. The summed E-state index contributed by atoms with van der Waals surface area (Å²) in [6.45, 7) is 16.0. The quantitative estimate of drug-likeness (QED) is 0.706. The fraction of sp³-hybridized carbons (Fsp3) is 1.00. The highest BCUT2D eigenvalue weighted by Gasteiger charge is 2.38. The van der Waals surface area contributed by atoms with Gasteiger partial charge in [0.15, 0.2) is 0 Å². The van der Waals surface area contributed by atoms with Crippen LogP contribution in [-0.2, 0) is 0 Å². The predicted octanol–water partition coefficient (Wildman–Crippen LogP) is 3.59. The summed E-state index contributed by atoms with van der Waals surface area (Å²) in [6.07, 6.45) is 2.40. The van der Waals surface area contributed by atoms with E-state index in [4.69, 9.17) is 0 Å². The van der Waals surface area contributed by atoms with Crippen LogP contribution in [0.4, 0.5) is 0 Å². The lowest BCUT2D eigenvalue weighted by molar-refractivity contribution is 0.114. The van der Waals surface area contributed by atoms with Crippen LogP contribution in [0.1, 0.15) is 61.3 Å². The lowest BCUT2D eigenvalue weighted by Crippen LogP contribution is -2.56. The first-order valence-electron chi connectivity index (χ1n) is 5.56. The average Bonchev–Trinajstić information content (AvgIpc) is 1.97. The molecular weight excluding hydrogens is 158 g/mol. The van der Waals surface area contributed by atoms with E-state index in [1.165, 1.54) is 12.8 Å². The van der Waals surface area contributed by atoms with Gasteiger partial charge in [-0.2, -0.15) is 0 Å². The smallest absolute Gasteiger partial charge is 0.0226 e. The summed E-state index contributed by atoms with van der Waals surface area (Å²) in [6, 6.07) is 0.569. The van der Waals surface area contributed by atoms with Crippen molar-refractivity contribution >= 4 is 0 Å². The topological polar surface area (TPSA) is 12.0 Å². The molecule has 0 aromatic carbocycles. The van der Waals surface area contributed by atoms with E-state index in [0.29, 0.717) is 17.0 Å². The molecule has 0 rings (SSSR count). The van der Waals surface area contributed by atoms with Crippen LogP contribution in [0.15, 0.2) is 0 Å². The highest BCUT2D eigenvalue weighted by atomic mass is 15.0. The van der Waals surface area contributed by atoms with Gasteiger partial charge in [-0.25, -0.2) is 0 Å². The van der Waals surface area contributed by atoms with E-state index in [-0.39, 0.29) is 0 Å². The molecule has 0 saturated carbocycles. The van der Waals surface area contributed by atoms with Gasteiger partial charge in [0.2, 0.25) is 0 Å². The molecule has 80 valence electrons. The minimum Gasteiger partial charge on any atom is -0.309 e. The zero-order chi connectivity index (χ0) is 10.7. The largest absolute Gasteiger partial charge is 0.309 e. The van der Waals surface area contributed by atoms with Crippen LogP contribution < -0.4 is 5.32 Å². The third-order valence-corrected chi connectivity index (χ3v) is 3.21. The summed E-state index contributed by atoms with van der Waals surface area (Å²) in [5.41, 5.74) is 0.627. The van der Waals surface area contributed by atoms with E-state index in [1.807, 2.05) is 0 Å². The van der Waals surface area contributed by atoms with Crippen LogP contribution in [0.25, 0.3) is 0 Å². The van der Waals surface area contributed by atoms with Crippen molar-refractivity contribution in [1.82, 2.24) is 5.32 Å². The summed E-state index contributed by atoms with van der Waals surface area (Å²) >= 11 is 0. The van der Waals surface area contributed by atoms with Gasteiger partial charge < -0.3 is 5.32 Å². The molecule has 1 N–H and O–H groups in total. The van der Waals surface area contributed by atoms with E-state index in [2.05, 4.69) is 53.8 Å². The number of hydrogen-bond donors (Lipinski definition) is 1. The Labute approximate surface area is 84.3 Å². The van der Waals surface area contributed by atoms with Crippen molar-refractivity contribution in [2.24, 2.45) is 5.41 Å². The lowest BCUT2D eigenvalue weighted by Gasteiger charge is -2.46. The lowest BCUT2D eigenvalue weighted by atomic mass is 9.70. The van der Waals surface area contributed by atoms with Crippen LogP contribution in [0.2, 0.25) is 0 Å².